The first kappa shape index (κ1) is 19.5. The molecule has 0 aromatic rings. The van der Waals surface area contributed by atoms with E-state index in [2.05, 4.69) is 54.7 Å². The number of rotatable bonds is 10. The minimum atomic E-state index is -0.0586. The Morgan fingerprint density at radius 3 is 2.25 bits per heavy atom. The molecule has 0 saturated heterocycles. The number of hydrogen-bond acceptors (Lipinski definition) is 3. The van der Waals surface area contributed by atoms with E-state index in [0.717, 1.165) is 13.0 Å². The Hall–Kier alpha value is -0.505. The van der Waals surface area contributed by atoms with E-state index < -0.39 is 0 Å². The molecule has 4 unspecified atom stereocenters. The maximum Gasteiger partial charge on any atom is 0.305 e. The molecule has 4 heteroatoms. The van der Waals surface area contributed by atoms with Crippen molar-refractivity contribution in [3.05, 3.63) is 0 Å². The zero-order valence-corrected chi connectivity index (χ0v) is 14.5. The Bertz CT molecular complexity index is 271. The second-order valence-electron chi connectivity index (χ2n) is 6.56. The average Bonchev–Trinajstić information content (AvgIpc) is 2.40. The molecule has 0 radical (unpaired) electrons. The van der Waals surface area contributed by atoms with Gasteiger partial charge >= 0.3 is 5.97 Å². The van der Waals surface area contributed by atoms with Gasteiger partial charge in [-0.05, 0) is 30.1 Å². The Morgan fingerprint density at radius 1 is 1.20 bits per heavy atom. The van der Waals surface area contributed by atoms with E-state index in [1.165, 1.54) is 0 Å². The summed E-state index contributed by atoms with van der Waals surface area (Å²) in [5, 5.41) is 3.54. The largest absolute Gasteiger partial charge is 0.465 e. The molecule has 0 aliphatic heterocycles. The van der Waals surface area contributed by atoms with Crippen molar-refractivity contribution in [2.75, 3.05) is 13.2 Å². The third-order valence-corrected chi connectivity index (χ3v) is 4.39. The van der Waals surface area contributed by atoms with Crippen molar-refractivity contribution in [1.82, 2.24) is 5.32 Å². The SMILES string of the molecule is BC(CC(=O)OCC(C)CC)C(NCC)C(C)C(C)C. The van der Waals surface area contributed by atoms with Crippen LogP contribution in [0.15, 0.2) is 0 Å². The predicted molar refractivity (Wildman–Crippen MR) is 88.8 cm³/mol. The van der Waals surface area contributed by atoms with Gasteiger partial charge in [0.05, 0.1) is 6.61 Å². The van der Waals surface area contributed by atoms with Crippen LogP contribution < -0.4 is 5.32 Å². The summed E-state index contributed by atoms with van der Waals surface area (Å²) in [5.41, 5.74) is 0. The highest BCUT2D eigenvalue weighted by Gasteiger charge is 2.26. The molecule has 4 atom stereocenters. The first-order valence-corrected chi connectivity index (χ1v) is 8.22. The molecule has 0 spiro atoms. The molecule has 0 bridgehead atoms. The van der Waals surface area contributed by atoms with Gasteiger partial charge in [0.15, 0.2) is 0 Å². The molecular weight excluding hydrogens is 249 g/mol. The van der Waals surface area contributed by atoms with Crippen LogP contribution in [-0.4, -0.2) is 33.0 Å². The highest BCUT2D eigenvalue weighted by atomic mass is 16.5. The van der Waals surface area contributed by atoms with Crippen molar-refractivity contribution in [3.8, 4) is 0 Å². The van der Waals surface area contributed by atoms with E-state index in [4.69, 9.17) is 4.74 Å². The van der Waals surface area contributed by atoms with Crippen molar-refractivity contribution in [2.45, 2.75) is 66.2 Å². The molecule has 0 rings (SSSR count). The van der Waals surface area contributed by atoms with Crippen molar-refractivity contribution < 1.29 is 9.53 Å². The van der Waals surface area contributed by atoms with Gasteiger partial charge in [0, 0.05) is 12.5 Å². The van der Waals surface area contributed by atoms with E-state index in [1.54, 1.807) is 0 Å². The molecule has 0 aromatic heterocycles. The standard InChI is InChI=1S/C16H34BNO2/c1-7-12(5)10-20-15(19)9-14(17)16(18-8-2)13(6)11(3)4/h11-14,16,18H,7-10,17H2,1-6H3. The van der Waals surface area contributed by atoms with E-state index in [9.17, 15) is 4.79 Å². The smallest absolute Gasteiger partial charge is 0.305 e. The summed E-state index contributed by atoms with van der Waals surface area (Å²) in [6.07, 6.45) is 1.55. The first-order chi connectivity index (χ1) is 9.33. The van der Waals surface area contributed by atoms with Crippen LogP contribution >= 0.6 is 0 Å². The fourth-order valence-corrected chi connectivity index (χ4v) is 2.36. The lowest BCUT2D eigenvalue weighted by atomic mass is 9.71. The van der Waals surface area contributed by atoms with Crippen LogP contribution in [-0.2, 0) is 9.53 Å². The zero-order chi connectivity index (χ0) is 15.7. The summed E-state index contributed by atoms with van der Waals surface area (Å²) in [4.78, 5) is 11.9. The van der Waals surface area contributed by atoms with Crippen molar-refractivity contribution in [2.24, 2.45) is 17.8 Å². The van der Waals surface area contributed by atoms with Crippen LogP contribution in [0.1, 0.15) is 54.4 Å². The second-order valence-corrected chi connectivity index (χ2v) is 6.56. The summed E-state index contributed by atoms with van der Waals surface area (Å²) >= 11 is 0. The topological polar surface area (TPSA) is 38.3 Å². The van der Waals surface area contributed by atoms with Gasteiger partial charge in [-0.25, -0.2) is 0 Å². The fraction of sp³-hybridized carbons (Fsp3) is 0.938. The summed E-state index contributed by atoms with van der Waals surface area (Å²) in [5.74, 6) is 1.85. The van der Waals surface area contributed by atoms with Crippen LogP contribution in [0.4, 0.5) is 0 Å². The van der Waals surface area contributed by atoms with Gasteiger partial charge in [-0.3, -0.25) is 4.79 Å². The monoisotopic (exact) mass is 283 g/mol. The number of esters is 1. The van der Waals surface area contributed by atoms with Gasteiger partial charge in [0.1, 0.15) is 7.85 Å². The lowest BCUT2D eigenvalue weighted by Crippen LogP contribution is -2.41. The third kappa shape index (κ3) is 7.32. The molecule has 0 aromatic carbocycles. The number of carbonyl (C=O) groups is 1. The van der Waals surface area contributed by atoms with E-state index in [0.29, 0.717) is 42.6 Å². The van der Waals surface area contributed by atoms with Gasteiger partial charge in [0.2, 0.25) is 0 Å². The van der Waals surface area contributed by atoms with Gasteiger partial charge in [-0.15, -0.1) is 0 Å². The number of carbonyl (C=O) groups excluding carboxylic acids is 1. The van der Waals surface area contributed by atoms with Gasteiger partial charge in [-0.1, -0.05) is 48.0 Å². The highest BCUT2D eigenvalue weighted by Crippen LogP contribution is 2.25. The van der Waals surface area contributed by atoms with Crippen LogP contribution in [0.2, 0.25) is 5.82 Å². The molecule has 0 saturated carbocycles. The van der Waals surface area contributed by atoms with E-state index >= 15 is 0 Å². The Labute approximate surface area is 126 Å². The zero-order valence-electron chi connectivity index (χ0n) is 14.5. The molecule has 0 aliphatic carbocycles. The van der Waals surface area contributed by atoms with Crippen LogP contribution in [0.3, 0.4) is 0 Å². The maximum absolute atomic E-state index is 11.9. The number of hydrogen-bond donors (Lipinski definition) is 1. The molecule has 0 fully saturated rings. The summed E-state index contributed by atoms with van der Waals surface area (Å²) < 4.78 is 5.37. The predicted octanol–water partition coefficient (Wildman–Crippen LogP) is 2.66. The van der Waals surface area contributed by atoms with Crippen LogP contribution in [0.5, 0.6) is 0 Å². The van der Waals surface area contributed by atoms with Crippen molar-refractivity contribution in [1.29, 1.82) is 0 Å². The molecule has 0 amide bonds. The fourth-order valence-electron chi connectivity index (χ4n) is 2.36. The summed E-state index contributed by atoms with van der Waals surface area (Å²) in [6, 6.07) is 0.371. The molecule has 0 aliphatic rings. The molecular formula is C16H34BNO2. The van der Waals surface area contributed by atoms with Gasteiger partial charge in [0.25, 0.3) is 0 Å². The minimum Gasteiger partial charge on any atom is -0.465 e. The van der Waals surface area contributed by atoms with Gasteiger partial charge < -0.3 is 10.1 Å². The third-order valence-electron chi connectivity index (χ3n) is 4.39. The first-order valence-electron chi connectivity index (χ1n) is 8.22. The summed E-state index contributed by atoms with van der Waals surface area (Å²) in [7, 11) is 2.15. The van der Waals surface area contributed by atoms with Crippen molar-refractivity contribution in [3.63, 3.8) is 0 Å². The number of nitrogens with one attached hydrogen (secondary N) is 1. The van der Waals surface area contributed by atoms with Gasteiger partial charge in [-0.2, -0.15) is 0 Å². The van der Waals surface area contributed by atoms with E-state index in [1.807, 2.05) is 0 Å². The van der Waals surface area contributed by atoms with Crippen LogP contribution in [0.25, 0.3) is 0 Å². The lowest BCUT2D eigenvalue weighted by Gasteiger charge is -2.32. The normalized spacial score (nSPS) is 17.6. The van der Waals surface area contributed by atoms with Crippen molar-refractivity contribution >= 4 is 13.8 Å². The average molecular weight is 283 g/mol. The maximum atomic E-state index is 11.9. The Morgan fingerprint density at radius 2 is 1.80 bits per heavy atom. The summed E-state index contributed by atoms with van der Waals surface area (Å²) in [6.45, 7) is 14.6. The second kappa shape index (κ2) is 10.3. The molecule has 20 heavy (non-hydrogen) atoms. The number of ether oxygens (including phenoxy) is 1. The van der Waals surface area contributed by atoms with Crippen LogP contribution in [0, 0.1) is 17.8 Å². The quantitative estimate of drug-likeness (QED) is 0.495. The Balaban J connectivity index is 4.37. The Kier molecular flexibility index (Phi) is 10.00. The molecule has 1 N–H and O–H groups in total. The lowest BCUT2D eigenvalue weighted by molar-refractivity contribution is -0.145. The molecule has 118 valence electrons. The molecule has 3 nitrogen and oxygen atoms in total. The highest BCUT2D eigenvalue weighted by molar-refractivity contribution is 6.13. The van der Waals surface area contributed by atoms with E-state index in [-0.39, 0.29) is 5.97 Å². The molecule has 0 heterocycles. The minimum absolute atomic E-state index is 0.0586.